The number of hydrogen-bond acceptors (Lipinski definition) is 7. The van der Waals surface area contributed by atoms with E-state index in [0.29, 0.717) is 23.0 Å². The number of morpholine rings is 1. The first-order valence-electron chi connectivity index (χ1n) is 12.0. The lowest BCUT2D eigenvalue weighted by Gasteiger charge is -2.37. The van der Waals surface area contributed by atoms with Crippen LogP contribution in [0.4, 0.5) is 23.5 Å². The van der Waals surface area contributed by atoms with Crippen LogP contribution in [-0.4, -0.2) is 55.3 Å². The third-order valence-electron chi connectivity index (χ3n) is 6.72. The fourth-order valence-corrected chi connectivity index (χ4v) is 4.44. The summed E-state index contributed by atoms with van der Waals surface area (Å²) in [5.41, 5.74) is 2.42. The highest BCUT2D eigenvalue weighted by atomic mass is 19.3. The van der Waals surface area contributed by atoms with E-state index in [2.05, 4.69) is 25.0 Å². The Bertz CT molecular complexity index is 1490. The van der Waals surface area contributed by atoms with Crippen molar-refractivity contribution in [3.05, 3.63) is 59.2 Å². The zero-order valence-corrected chi connectivity index (χ0v) is 20.1. The maximum absolute atomic E-state index is 14.9. The molecule has 0 unspecified atom stereocenters. The first kappa shape index (κ1) is 23.7. The average molecular weight is 513 g/mol. The highest BCUT2D eigenvalue weighted by Crippen LogP contribution is 2.37. The Hall–Kier alpha value is -3.67. The van der Waals surface area contributed by atoms with Gasteiger partial charge in [-0.3, -0.25) is 4.68 Å². The standard InChI is InChI=1S/C25H23F4N7O/c1-12-13(2)32-24-22(31-12)21(17-6-3-15(26)7-18(17)27)33-25(34-24)35-10-19(37-20(11-35)23(28)29)14-8-30-36(9-14)16-4-5-16/h3,6-9,16,19-20,23H,4-5,10-11H2,1-2H3/t19-,20+/m1/s1. The number of halogens is 4. The van der Waals surface area contributed by atoms with Gasteiger partial charge < -0.3 is 9.64 Å². The quantitative estimate of drug-likeness (QED) is 0.357. The monoisotopic (exact) mass is 513 g/mol. The molecule has 1 saturated carbocycles. The van der Waals surface area contributed by atoms with Crippen molar-refractivity contribution >= 4 is 17.1 Å². The van der Waals surface area contributed by atoms with E-state index in [9.17, 15) is 17.6 Å². The summed E-state index contributed by atoms with van der Waals surface area (Å²) in [6.45, 7) is 3.51. The molecule has 1 aliphatic carbocycles. The predicted molar refractivity (Wildman–Crippen MR) is 126 cm³/mol. The van der Waals surface area contributed by atoms with Gasteiger partial charge in [-0.05, 0) is 38.8 Å². The molecule has 1 aromatic carbocycles. The lowest BCUT2D eigenvalue weighted by Crippen LogP contribution is -2.47. The second-order valence-electron chi connectivity index (χ2n) is 9.45. The molecule has 4 aromatic rings. The predicted octanol–water partition coefficient (Wildman–Crippen LogP) is 4.72. The van der Waals surface area contributed by atoms with Gasteiger partial charge in [0.15, 0.2) is 5.65 Å². The maximum atomic E-state index is 14.9. The third kappa shape index (κ3) is 4.50. The molecule has 2 atom stereocenters. The van der Waals surface area contributed by atoms with Crippen molar-refractivity contribution in [3.8, 4) is 11.3 Å². The summed E-state index contributed by atoms with van der Waals surface area (Å²) < 4.78 is 63.9. The van der Waals surface area contributed by atoms with Gasteiger partial charge in [0.1, 0.15) is 35.1 Å². The Balaban J connectivity index is 1.45. The van der Waals surface area contributed by atoms with Gasteiger partial charge in [0.2, 0.25) is 5.95 Å². The van der Waals surface area contributed by atoms with Crippen LogP contribution in [0.3, 0.4) is 0 Å². The Morgan fingerprint density at radius 2 is 1.78 bits per heavy atom. The van der Waals surface area contributed by atoms with Gasteiger partial charge in [0.25, 0.3) is 6.43 Å². The minimum absolute atomic E-state index is 0.00790. The number of fused-ring (bicyclic) bond motifs is 1. The topological polar surface area (TPSA) is 81.9 Å². The molecule has 2 fully saturated rings. The highest BCUT2D eigenvalue weighted by molar-refractivity contribution is 5.88. The van der Waals surface area contributed by atoms with E-state index in [0.717, 1.165) is 25.0 Å². The van der Waals surface area contributed by atoms with Crippen LogP contribution in [0.1, 0.15) is 41.9 Å². The number of alkyl halides is 2. The molecular formula is C25H23F4N7O. The number of rotatable bonds is 5. The summed E-state index contributed by atoms with van der Waals surface area (Å²) in [5, 5.41) is 4.36. The van der Waals surface area contributed by atoms with Crippen molar-refractivity contribution in [1.29, 1.82) is 0 Å². The Labute approximate surface area is 209 Å². The van der Waals surface area contributed by atoms with Crippen LogP contribution in [-0.2, 0) is 4.74 Å². The van der Waals surface area contributed by atoms with Crippen molar-refractivity contribution in [1.82, 2.24) is 29.7 Å². The van der Waals surface area contributed by atoms with Gasteiger partial charge >= 0.3 is 0 Å². The van der Waals surface area contributed by atoms with Crippen LogP contribution in [0.25, 0.3) is 22.4 Å². The van der Waals surface area contributed by atoms with Crippen LogP contribution in [0.15, 0.2) is 30.6 Å². The summed E-state index contributed by atoms with van der Waals surface area (Å²) in [7, 11) is 0. The molecule has 2 aliphatic rings. The Kier molecular flexibility index (Phi) is 5.78. The van der Waals surface area contributed by atoms with E-state index < -0.39 is 30.3 Å². The van der Waals surface area contributed by atoms with Gasteiger partial charge in [-0.2, -0.15) is 10.1 Å². The number of anilines is 1. The van der Waals surface area contributed by atoms with Crippen LogP contribution < -0.4 is 4.90 Å². The van der Waals surface area contributed by atoms with Crippen molar-refractivity contribution < 1.29 is 22.3 Å². The molecule has 0 amide bonds. The fraction of sp³-hybridized carbons (Fsp3) is 0.400. The summed E-state index contributed by atoms with van der Waals surface area (Å²) >= 11 is 0. The van der Waals surface area contributed by atoms with Gasteiger partial charge in [0, 0.05) is 23.4 Å². The molecule has 192 valence electrons. The molecule has 6 rings (SSSR count). The minimum atomic E-state index is -2.75. The molecular weight excluding hydrogens is 490 g/mol. The smallest absolute Gasteiger partial charge is 0.266 e. The van der Waals surface area contributed by atoms with Crippen LogP contribution in [0.5, 0.6) is 0 Å². The van der Waals surface area contributed by atoms with Crippen molar-refractivity contribution in [2.45, 2.75) is 51.4 Å². The molecule has 0 spiro atoms. The third-order valence-corrected chi connectivity index (χ3v) is 6.72. The lowest BCUT2D eigenvalue weighted by molar-refractivity contribution is -0.102. The molecule has 1 aliphatic heterocycles. The van der Waals surface area contributed by atoms with Gasteiger partial charge in [0.05, 0.1) is 36.7 Å². The summed E-state index contributed by atoms with van der Waals surface area (Å²) in [5.74, 6) is -1.48. The Morgan fingerprint density at radius 3 is 2.51 bits per heavy atom. The minimum Gasteiger partial charge on any atom is -0.361 e. The highest BCUT2D eigenvalue weighted by Gasteiger charge is 2.37. The summed E-state index contributed by atoms with van der Waals surface area (Å²) in [4.78, 5) is 19.7. The van der Waals surface area contributed by atoms with E-state index in [4.69, 9.17) is 4.74 Å². The van der Waals surface area contributed by atoms with Crippen LogP contribution >= 0.6 is 0 Å². The van der Waals surface area contributed by atoms with Crippen molar-refractivity contribution in [3.63, 3.8) is 0 Å². The number of benzene rings is 1. The SMILES string of the molecule is Cc1nc2nc(N3C[C@@H](C(F)F)O[C@@H](c4cnn(C5CC5)c4)C3)nc(-c3ccc(F)cc3F)c2nc1C. The number of ether oxygens (including phenoxy) is 1. The number of aryl methyl sites for hydroxylation is 2. The molecule has 0 N–H and O–H groups in total. The molecule has 8 nitrogen and oxygen atoms in total. The van der Waals surface area contributed by atoms with E-state index in [1.807, 2.05) is 10.9 Å². The fourth-order valence-electron chi connectivity index (χ4n) is 4.44. The summed E-state index contributed by atoms with van der Waals surface area (Å²) in [6.07, 6.45) is 0.677. The largest absolute Gasteiger partial charge is 0.361 e. The van der Waals surface area contributed by atoms with Crippen LogP contribution in [0, 0.1) is 25.5 Å². The van der Waals surface area contributed by atoms with E-state index in [1.165, 1.54) is 6.07 Å². The number of aromatic nitrogens is 6. The average Bonchev–Trinajstić information content (AvgIpc) is 3.60. The Morgan fingerprint density at radius 1 is 1.00 bits per heavy atom. The van der Waals surface area contributed by atoms with Gasteiger partial charge in [-0.25, -0.2) is 32.5 Å². The molecule has 3 aromatic heterocycles. The van der Waals surface area contributed by atoms with E-state index in [1.54, 1.807) is 24.9 Å². The maximum Gasteiger partial charge on any atom is 0.266 e. The first-order chi connectivity index (χ1) is 17.8. The molecule has 0 radical (unpaired) electrons. The second-order valence-corrected chi connectivity index (χ2v) is 9.45. The molecule has 0 bridgehead atoms. The molecule has 37 heavy (non-hydrogen) atoms. The van der Waals surface area contributed by atoms with Gasteiger partial charge in [-0.15, -0.1) is 0 Å². The van der Waals surface area contributed by atoms with Crippen LogP contribution in [0.2, 0.25) is 0 Å². The van der Waals surface area contributed by atoms with Crippen molar-refractivity contribution in [2.24, 2.45) is 0 Å². The van der Waals surface area contributed by atoms with E-state index in [-0.39, 0.29) is 41.5 Å². The molecule has 4 heterocycles. The zero-order chi connectivity index (χ0) is 25.8. The first-order valence-corrected chi connectivity index (χ1v) is 12.0. The number of nitrogens with zero attached hydrogens (tertiary/aromatic N) is 7. The molecule has 12 heteroatoms. The number of hydrogen-bond donors (Lipinski definition) is 0. The second kappa shape index (κ2) is 9.02. The zero-order valence-electron chi connectivity index (χ0n) is 20.1. The normalized spacial score (nSPS) is 20.2. The van der Waals surface area contributed by atoms with Crippen molar-refractivity contribution in [2.75, 3.05) is 18.0 Å². The van der Waals surface area contributed by atoms with Gasteiger partial charge in [-0.1, -0.05) is 0 Å². The molecule has 1 saturated heterocycles. The van der Waals surface area contributed by atoms with E-state index >= 15 is 0 Å². The summed E-state index contributed by atoms with van der Waals surface area (Å²) in [6, 6.07) is 3.48. The lowest BCUT2D eigenvalue weighted by atomic mass is 10.1.